The Bertz CT molecular complexity index is 154. The zero-order chi connectivity index (χ0) is 9.30. The van der Waals surface area contributed by atoms with Gasteiger partial charge in [-0.15, -0.1) is 0 Å². The molecule has 1 heterocycles. The van der Waals surface area contributed by atoms with Gasteiger partial charge >= 0.3 is 0 Å². The number of hydrogen-bond donors (Lipinski definition) is 4. The Hall–Kier alpha value is 0.0900. The van der Waals surface area contributed by atoms with Crippen LogP contribution >= 0.6 is 11.6 Å². The minimum absolute atomic E-state index is 0.395. The Labute approximate surface area is 74.7 Å². The highest BCUT2D eigenvalue weighted by Crippen LogP contribution is 2.21. The third kappa shape index (κ3) is 1.71. The lowest BCUT2D eigenvalue weighted by molar-refractivity contribution is -0.167. The van der Waals surface area contributed by atoms with E-state index >= 15 is 0 Å². The number of nitrogens with two attached hydrogens (primary N) is 1. The van der Waals surface area contributed by atoms with Crippen LogP contribution in [0.25, 0.3) is 0 Å². The van der Waals surface area contributed by atoms with Crippen LogP contribution in [0.15, 0.2) is 0 Å². The summed E-state index contributed by atoms with van der Waals surface area (Å²) in [6.07, 6.45) is -3.19. The topological polar surface area (TPSA) is 95.9 Å². The lowest BCUT2D eigenvalue weighted by Crippen LogP contribution is -2.60. The second kappa shape index (κ2) is 3.87. The van der Waals surface area contributed by atoms with Gasteiger partial charge in [0.25, 0.3) is 0 Å². The van der Waals surface area contributed by atoms with E-state index in [-0.39, 0.29) is 0 Å². The highest BCUT2D eigenvalue weighted by molar-refractivity contribution is 6.20. The van der Waals surface area contributed by atoms with Crippen LogP contribution in [-0.4, -0.2) is 51.8 Å². The van der Waals surface area contributed by atoms with Crippen LogP contribution in [0.3, 0.4) is 0 Å². The van der Waals surface area contributed by atoms with E-state index in [1.54, 1.807) is 0 Å². The zero-order valence-corrected chi connectivity index (χ0v) is 7.05. The first-order valence-electron chi connectivity index (χ1n) is 3.60. The molecule has 1 fully saturated rings. The van der Waals surface area contributed by atoms with Crippen molar-refractivity contribution < 1.29 is 20.1 Å². The molecule has 0 amide bonds. The molecule has 1 rings (SSSR count). The number of ether oxygens (including phenoxy) is 1. The summed E-state index contributed by atoms with van der Waals surface area (Å²) in [5, 5.41) is 27.2. The van der Waals surface area contributed by atoms with Crippen molar-refractivity contribution >= 4 is 11.6 Å². The van der Waals surface area contributed by atoms with E-state index in [1.165, 1.54) is 0 Å². The first-order valence-corrected chi connectivity index (χ1v) is 4.03. The largest absolute Gasteiger partial charge is 0.394 e. The van der Waals surface area contributed by atoms with Gasteiger partial charge in [-0.1, -0.05) is 11.6 Å². The monoisotopic (exact) mass is 197 g/mol. The summed E-state index contributed by atoms with van der Waals surface area (Å²) in [6.45, 7) is -0.395. The van der Waals surface area contributed by atoms with Crippen molar-refractivity contribution in [3.8, 4) is 0 Å². The summed E-state index contributed by atoms with van der Waals surface area (Å²) >= 11 is 5.57. The van der Waals surface area contributed by atoms with Gasteiger partial charge in [-0.25, -0.2) is 0 Å². The lowest BCUT2D eigenvalue weighted by Gasteiger charge is -2.38. The molecule has 0 aliphatic carbocycles. The quantitative estimate of drug-likeness (QED) is 0.365. The van der Waals surface area contributed by atoms with Gasteiger partial charge in [0.1, 0.15) is 23.9 Å². The summed E-state index contributed by atoms with van der Waals surface area (Å²) in [4.78, 5) is 0. The van der Waals surface area contributed by atoms with E-state index < -0.39 is 36.5 Å². The van der Waals surface area contributed by atoms with Crippen LogP contribution in [0.1, 0.15) is 0 Å². The SMILES string of the molecule is NC1[C@H](Cl)OC(CO)[C@H](O)[C@@H]1O. The maximum Gasteiger partial charge on any atom is 0.149 e. The molecule has 0 radical (unpaired) electrons. The fraction of sp³-hybridized carbons (Fsp3) is 1.00. The molecule has 5 nitrogen and oxygen atoms in total. The molecule has 0 bridgehead atoms. The molecule has 72 valence electrons. The minimum Gasteiger partial charge on any atom is -0.394 e. The van der Waals surface area contributed by atoms with Gasteiger partial charge in [0.05, 0.1) is 12.6 Å². The van der Waals surface area contributed by atoms with E-state index in [1.807, 2.05) is 0 Å². The van der Waals surface area contributed by atoms with Crippen molar-refractivity contribution in [3.63, 3.8) is 0 Å². The second-order valence-corrected chi connectivity index (χ2v) is 3.20. The van der Waals surface area contributed by atoms with E-state index in [9.17, 15) is 10.2 Å². The van der Waals surface area contributed by atoms with Gasteiger partial charge in [-0.3, -0.25) is 0 Å². The number of halogens is 1. The molecule has 0 aromatic carbocycles. The molecule has 12 heavy (non-hydrogen) atoms. The summed E-state index contributed by atoms with van der Waals surface area (Å²) < 4.78 is 4.91. The molecule has 0 saturated carbocycles. The van der Waals surface area contributed by atoms with Gasteiger partial charge in [-0.05, 0) is 0 Å². The number of aliphatic hydroxyl groups excluding tert-OH is 3. The average Bonchev–Trinajstić information content (AvgIpc) is 2.08. The van der Waals surface area contributed by atoms with Crippen LogP contribution in [0, 0.1) is 0 Å². The summed E-state index contributed by atoms with van der Waals surface area (Å²) in [5.41, 5.74) is 4.51. The van der Waals surface area contributed by atoms with Gasteiger partial charge in [-0.2, -0.15) is 0 Å². The van der Waals surface area contributed by atoms with E-state index in [2.05, 4.69) is 0 Å². The Kier molecular flexibility index (Phi) is 3.28. The molecule has 0 spiro atoms. The molecule has 1 aliphatic rings. The van der Waals surface area contributed by atoms with Crippen molar-refractivity contribution in [2.75, 3.05) is 6.61 Å². The smallest absolute Gasteiger partial charge is 0.149 e. The third-order valence-corrected chi connectivity index (χ3v) is 2.31. The summed E-state index contributed by atoms with van der Waals surface area (Å²) in [7, 11) is 0. The number of hydrogen-bond acceptors (Lipinski definition) is 5. The van der Waals surface area contributed by atoms with Crippen molar-refractivity contribution in [3.05, 3.63) is 0 Å². The molecule has 1 saturated heterocycles. The maximum absolute atomic E-state index is 9.27. The van der Waals surface area contributed by atoms with Crippen molar-refractivity contribution in [2.45, 2.75) is 29.9 Å². The Morgan fingerprint density at radius 1 is 1.33 bits per heavy atom. The van der Waals surface area contributed by atoms with E-state index in [4.69, 9.17) is 27.2 Å². The molecule has 5 atom stereocenters. The van der Waals surface area contributed by atoms with Crippen LogP contribution in [0.5, 0.6) is 0 Å². The Morgan fingerprint density at radius 2 is 1.92 bits per heavy atom. The molecule has 0 aromatic rings. The molecule has 1 aliphatic heterocycles. The molecule has 5 N–H and O–H groups in total. The van der Waals surface area contributed by atoms with Crippen LogP contribution in [0.2, 0.25) is 0 Å². The summed E-state index contributed by atoms with van der Waals surface area (Å²) in [6, 6.07) is -0.829. The van der Waals surface area contributed by atoms with E-state index in [0.717, 1.165) is 0 Å². The lowest BCUT2D eigenvalue weighted by atomic mass is 9.99. The molecule has 0 aromatic heterocycles. The van der Waals surface area contributed by atoms with Crippen LogP contribution in [0.4, 0.5) is 0 Å². The fourth-order valence-corrected chi connectivity index (χ4v) is 1.37. The van der Waals surface area contributed by atoms with Gasteiger partial charge < -0.3 is 25.8 Å². The predicted octanol–water partition coefficient (Wildman–Crippen LogP) is -2.01. The molecular formula is C6H12ClNO4. The van der Waals surface area contributed by atoms with E-state index in [0.29, 0.717) is 0 Å². The molecular weight excluding hydrogens is 186 g/mol. The average molecular weight is 198 g/mol. The number of rotatable bonds is 1. The van der Waals surface area contributed by atoms with Crippen molar-refractivity contribution in [1.82, 2.24) is 0 Å². The predicted molar refractivity (Wildman–Crippen MR) is 41.6 cm³/mol. The third-order valence-electron chi connectivity index (χ3n) is 1.91. The maximum atomic E-state index is 9.27. The van der Waals surface area contributed by atoms with Crippen molar-refractivity contribution in [1.29, 1.82) is 0 Å². The van der Waals surface area contributed by atoms with Gasteiger partial charge in [0, 0.05) is 0 Å². The first-order chi connectivity index (χ1) is 5.57. The number of alkyl halides is 1. The Balaban J connectivity index is 2.63. The minimum atomic E-state index is -1.18. The molecule has 6 heteroatoms. The van der Waals surface area contributed by atoms with Gasteiger partial charge in [0.15, 0.2) is 0 Å². The normalized spacial score (nSPS) is 49.2. The molecule has 2 unspecified atom stereocenters. The first kappa shape index (κ1) is 10.2. The number of aliphatic hydroxyl groups is 3. The summed E-state index contributed by atoms with van der Waals surface area (Å²) in [5.74, 6) is 0. The van der Waals surface area contributed by atoms with Crippen LogP contribution < -0.4 is 5.73 Å². The Morgan fingerprint density at radius 3 is 2.42 bits per heavy atom. The standard InChI is InChI=1S/C6H12ClNO4/c7-6-3(8)5(11)4(10)2(1-9)12-6/h2-6,9-11H,1,8H2/t2?,3?,4-,5+,6+/m0/s1. The van der Waals surface area contributed by atoms with Gasteiger partial charge in [0.2, 0.25) is 0 Å². The highest BCUT2D eigenvalue weighted by atomic mass is 35.5. The highest BCUT2D eigenvalue weighted by Gasteiger charge is 2.41. The van der Waals surface area contributed by atoms with Crippen molar-refractivity contribution in [2.24, 2.45) is 5.73 Å². The zero-order valence-electron chi connectivity index (χ0n) is 6.30. The second-order valence-electron chi connectivity index (χ2n) is 2.77. The van der Waals surface area contributed by atoms with Crippen LogP contribution in [-0.2, 0) is 4.74 Å². The fourth-order valence-electron chi connectivity index (χ4n) is 1.09.